The predicted octanol–water partition coefficient (Wildman–Crippen LogP) is 3.32. The molecule has 0 unspecified atom stereocenters. The molecular formula is C18H17N3O2S. The fraction of sp³-hybridized carbons (Fsp3) is 0.167. The topological polar surface area (TPSA) is 64.0 Å². The Hall–Kier alpha value is -2.73. The van der Waals surface area contributed by atoms with Gasteiger partial charge in [-0.3, -0.25) is 14.3 Å². The van der Waals surface area contributed by atoms with Crippen LogP contribution < -0.4 is 5.32 Å². The average molecular weight is 339 g/mol. The molecular weight excluding hydrogens is 322 g/mol. The number of rotatable bonds is 6. The number of benzene rings is 1. The Balaban J connectivity index is 1.80. The first-order chi connectivity index (χ1) is 11.6. The van der Waals surface area contributed by atoms with Gasteiger partial charge in [-0.15, -0.1) is 11.3 Å². The van der Waals surface area contributed by atoms with Crippen molar-refractivity contribution in [2.24, 2.45) is 0 Å². The highest BCUT2D eigenvalue weighted by atomic mass is 32.1. The quantitative estimate of drug-likeness (QED) is 0.701. The molecule has 0 bridgehead atoms. The molecule has 1 N–H and O–H groups in total. The van der Waals surface area contributed by atoms with Crippen molar-refractivity contribution in [3.63, 3.8) is 0 Å². The molecule has 3 rings (SSSR count). The van der Waals surface area contributed by atoms with E-state index in [1.165, 1.54) is 18.3 Å². The number of carbonyl (C=O) groups is 2. The minimum Gasteiger partial charge on any atom is -0.343 e. The highest BCUT2D eigenvalue weighted by Gasteiger charge is 2.18. The maximum atomic E-state index is 12.6. The van der Waals surface area contributed by atoms with Crippen LogP contribution in [0.25, 0.3) is 0 Å². The lowest BCUT2D eigenvalue weighted by Crippen LogP contribution is -2.31. The molecule has 2 aromatic heterocycles. The first kappa shape index (κ1) is 16.1. The number of hydrogen-bond acceptors (Lipinski definition) is 4. The van der Waals surface area contributed by atoms with Crippen LogP contribution in [-0.2, 0) is 6.54 Å². The van der Waals surface area contributed by atoms with Gasteiger partial charge in [0.1, 0.15) is 0 Å². The number of aromatic nitrogens is 2. The van der Waals surface area contributed by atoms with E-state index >= 15 is 0 Å². The van der Waals surface area contributed by atoms with Crippen LogP contribution in [0.1, 0.15) is 37.9 Å². The van der Waals surface area contributed by atoms with E-state index < -0.39 is 0 Å². The molecule has 0 aliphatic rings. The lowest BCUT2D eigenvalue weighted by atomic mass is 10.1. The van der Waals surface area contributed by atoms with Gasteiger partial charge in [0.2, 0.25) is 0 Å². The smallest absolute Gasteiger partial charge is 0.261 e. The van der Waals surface area contributed by atoms with Crippen LogP contribution in [-0.4, -0.2) is 21.5 Å². The summed E-state index contributed by atoms with van der Waals surface area (Å²) in [5.41, 5.74) is 1.00. The van der Waals surface area contributed by atoms with Crippen molar-refractivity contribution in [2.75, 3.05) is 0 Å². The minimum absolute atomic E-state index is 0.0322. The molecule has 1 aromatic carbocycles. The predicted molar refractivity (Wildman–Crippen MR) is 93.2 cm³/mol. The zero-order chi connectivity index (χ0) is 16.9. The van der Waals surface area contributed by atoms with Crippen molar-refractivity contribution >= 4 is 23.0 Å². The monoisotopic (exact) mass is 339 g/mol. The largest absolute Gasteiger partial charge is 0.343 e. The van der Waals surface area contributed by atoms with Crippen LogP contribution in [0.3, 0.4) is 0 Å². The number of thiophene rings is 1. The summed E-state index contributed by atoms with van der Waals surface area (Å²) in [6.07, 6.45) is 3.57. The molecule has 1 amide bonds. The Morgan fingerprint density at radius 1 is 1.12 bits per heavy atom. The molecule has 24 heavy (non-hydrogen) atoms. The van der Waals surface area contributed by atoms with Gasteiger partial charge in [0.25, 0.3) is 5.91 Å². The van der Waals surface area contributed by atoms with Crippen LogP contribution in [0, 0.1) is 0 Å². The second-order valence-electron chi connectivity index (χ2n) is 5.38. The van der Waals surface area contributed by atoms with E-state index in [0.29, 0.717) is 16.3 Å². The number of Topliss-reactive ketones (excluding diaryl/α,β-unsaturated/α-hetero) is 1. The standard InChI is InChI=1S/C18H17N3O2S/c1-13(22)16-8-9-17(24-16)18(23)20-15(12-21-11-5-10-19-21)14-6-3-2-4-7-14/h2-11,15H,12H2,1H3,(H,20,23)/t15-/m0/s1. The molecule has 0 radical (unpaired) electrons. The van der Waals surface area contributed by atoms with E-state index in [0.717, 1.165) is 5.56 Å². The fourth-order valence-corrected chi connectivity index (χ4v) is 3.20. The van der Waals surface area contributed by atoms with Gasteiger partial charge in [-0.05, 0) is 30.7 Å². The maximum absolute atomic E-state index is 12.6. The third-order valence-corrected chi connectivity index (χ3v) is 4.80. The van der Waals surface area contributed by atoms with Crippen LogP contribution in [0.5, 0.6) is 0 Å². The van der Waals surface area contributed by atoms with Gasteiger partial charge in [-0.2, -0.15) is 5.10 Å². The summed E-state index contributed by atoms with van der Waals surface area (Å²) in [4.78, 5) is 25.1. The molecule has 0 aliphatic heterocycles. The summed E-state index contributed by atoms with van der Waals surface area (Å²) in [5.74, 6) is -0.219. The van der Waals surface area contributed by atoms with E-state index in [4.69, 9.17) is 0 Å². The zero-order valence-corrected chi connectivity index (χ0v) is 14.0. The molecule has 0 fully saturated rings. The summed E-state index contributed by atoms with van der Waals surface area (Å²) in [7, 11) is 0. The lowest BCUT2D eigenvalue weighted by molar-refractivity contribution is 0.0935. The van der Waals surface area contributed by atoms with Crippen LogP contribution in [0.4, 0.5) is 0 Å². The molecule has 3 aromatic rings. The van der Waals surface area contributed by atoms with E-state index in [-0.39, 0.29) is 17.7 Å². The van der Waals surface area contributed by atoms with E-state index in [1.807, 2.05) is 42.6 Å². The lowest BCUT2D eigenvalue weighted by Gasteiger charge is -2.19. The van der Waals surface area contributed by atoms with Gasteiger partial charge in [0.05, 0.1) is 22.3 Å². The fourth-order valence-electron chi connectivity index (χ4n) is 2.39. The number of nitrogens with one attached hydrogen (secondary N) is 1. The molecule has 0 spiro atoms. The Morgan fingerprint density at radius 3 is 2.50 bits per heavy atom. The average Bonchev–Trinajstić information content (AvgIpc) is 3.26. The van der Waals surface area contributed by atoms with Crippen molar-refractivity contribution in [1.29, 1.82) is 0 Å². The highest BCUT2D eigenvalue weighted by molar-refractivity contribution is 7.15. The van der Waals surface area contributed by atoms with E-state index in [9.17, 15) is 9.59 Å². The van der Waals surface area contributed by atoms with Crippen molar-refractivity contribution in [2.45, 2.75) is 19.5 Å². The molecule has 0 aliphatic carbocycles. The molecule has 6 heteroatoms. The Kier molecular flexibility index (Phi) is 4.86. The van der Waals surface area contributed by atoms with E-state index in [2.05, 4.69) is 10.4 Å². The molecule has 2 heterocycles. The third kappa shape index (κ3) is 3.78. The van der Waals surface area contributed by atoms with Gasteiger partial charge in [-0.1, -0.05) is 30.3 Å². The van der Waals surface area contributed by atoms with Crippen LogP contribution in [0.15, 0.2) is 60.9 Å². The van der Waals surface area contributed by atoms with Gasteiger partial charge in [0, 0.05) is 12.4 Å². The number of hydrogen-bond donors (Lipinski definition) is 1. The first-order valence-corrected chi connectivity index (χ1v) is 8.39. The van der Waals surface area contributed by atoms with Gasteiger partial charge < -0.3 is 5.32 Å². The number of nitrogens with zero attached hydrogens (tertiary/aromatic N) is 2. The van der Waals surface area contributed by atoms with Crippen molar-refractivity contribution in [3.05, 3.63) is 76.2 Å². The van der Waals surface area contributed by atoms with Gasteiger partial charge >= 0.3 is 0 Å². The van der Waals surface area contributed by atoms with E-state index in [1.54, 1.807) is 23.0 Å². The molecule has 0 saturated carbocycles. The summed E-state index contributed by atoms with van der Waals surface area (Å²) >= 11 is 1.21. The number of carbonyl (C=O) groups excluding carboxylic acids is 2. The molecule has 122 valence electrons. The Labute approximate surface area is 143 Å². The summed E-state index contributed by atoms with van der Waals surface area (Å²) in [5, 5.41) is 7.25. The first-order valence-electron chi connectivity index (χ1n) is 7.57. The summed E-state index contributed by atoms with van der Waals surface area (Å²) < 4.78 is 1.79. The van der Waals surface area contributed by atoms with Crippen molar-refractivity contribution in [3.8, 4) is 0 Å². The molecule has 5 nitrogen and oxygen atoms in total. The van der Waals surface area contributed by atoms with Crippen molar-refractivity contribution < 1.29 is 9.59 Å². The van der Waals surface area contributed by atoms with Crippen LogP contribution >= 0.6 is 11.3 Å². The Morgan fingerprint density at radius 2 is 1.88 bits per heavy atom. The normalized spacial score (nSPS) is 11.9. The third-order valence-electron chi connectivity index (χ3n) is 3.61. The molecule has 0 saturated heterocycles. The number of ketones is 1. The highest BCUT2D eigenvalue weighted by Crippen LogP contribution is 2.20. The zero-order valence-electron chi connectivity index (χ0n) is 13.2. The van der Waals surface area contributed by atoms with Crippen molar-refractivity contribution in [1.82, 2.24) is 15.1 Å². The Bertz CT molecular complexity index is 825. The molecule has 1 atom stereocenters. The number of amides is 1. The SMILES string of the molecule is CC(=O)c1ccc(C(=O)N[C@@H](Cn2cccn2)c2ccccc2)s1. The van der Waals surface area contributed by atoms with Gasteiger partial charge in [-0.25, -0.2) is 0 Å². The minimum atomic E-state index is -0.207. The summed E-state index contributed by atoms with van der Waals surface area (Å²) in [6.45, 7) is 2.03. The summed E-state index contributed by atoms with van der Waals surface area (Å²) in [6, 6.07) is 14.8. The maximum Gasteiger partial charge on any atom is 0.261 e. The second-order valence-corrected chi connectivity index (χ2v) is 6.47. The second kappa shape index (κ2) is 7.23. The van der Waals surface area contributed by atoms with Gasteiger partial charge in [0.15, 0.2) is 5.78 Å². The van der Waals surface area contributed by atoms with Crippen LogP contribution in [0.2, 0.25) is 0 Å².